The first-order chi connectivity index (χ1) is 19.2. The van der Waals surface area contributed by atoms with E-state index in [1.807, 2.05) is 25.8 Å². The monoisotopic (exact) mass is 559 g/mol. The first-order valence-corrected chi connectivity index (χ1v) is 13.8. The van der Waals surface area contributed by atoms with Crippen LogP contribution >= 0.6 is 0 Å². The fourth-order valence-electron chi connectivity index (χ4n) is 4.62. The average molecular weight is 560 g/mol. The maximum absolute atomic E-state index is 13.9. The van der Waals surface area contributed by atoms with Crippen LogP contribution in [0.5, 0.6) is 0 Å². The Morgan fingerprint density at radius 2 is 1.75 bits per heavy atom. The molecule has 0 amide bonds. The van der Waals surface area contributed by atoms with Crippen LogP contribution in [0.15, 0.2) is 31.0 Å². The number of nitriles is 1. The van der Waals surface area contributed by atoms with E-state index in [1.165, 1.54) is 12.5 Å². The van der Waals surface area contributed by atoms with E-state index < -0.39 is 11.7 Å². The molecule has 1 aliphatic heterocycles. The molecule has 0 aliphatic carbocycles. The van der Waals surface area contributed by atoms with Crippen molar-refractivity contribution in [2.45, 2.75) is 65.6 Å². The Hall–Kier alpha value is -3.72. The summed E-state index contributed by atoms with van der Waals surface area (Å²) < 4.78 is 43.3. The van der Waals surface area contributed by atoms with Crippen molar-refractivity contribution < 1.29 is 14.6 Å². The summed E-state index contributed by atoms with van der Waals surface area (Å²) in [5, 5.41) is 13.2. The molecule has 12 heteroatoms. The van der Waals surface area contributed by atoms with Gasteiger partial charge in [-0.3, -0.25) is 0 Å². The Balaban J connectivity index is 0.00000192. The second kappa shape index (κ2) is 14.1. The van der Waals surface area contributed by atoms with Crippen LogP contribution in [0.1, 0.15) is 65.9 Å². The second-order valence-corrected chi connectivity index (χ2v) is 9.47. The zero-order chi connectivity index (χ0) is 29.3. The standard InChI is InChI=1S/C26H32F3N9.C2H6.H2/c1-4-6-18(7-5-2)34-25-32-15-20(26(27,28)29)23(35-25)21-16-38(17-33-21)22-8-9-31-24(19(22)14-30)37-12-10-36(3)11-13-37;1-2;/h8-9,15-18H,4-7,10-13H2,1-3H3,(H,32,34,35);1-2H3;1H. The predicted molar refractivity (Wildman–Crippen MR) is 153 cm³/mol. The number of imidazole rings is 1. The van der Waals surface area contributed by atoms with Crippen molar-refractivity contribution in [3.05, 3.63) is 42.1 Å². The number of alkyl halides is 3. The molecule has 0 spiro atoms. The summed E-state index contributed by atoms with van der Waals surface area (Å²) in [6.07, 6.45) is 4.17. The first kappa shape index (κ1) is 30.8. The van der Waals surface area contributed by atoms with E-state index in [9.17, 15) is 18.4 Å². The van der Waals surface area contributed by atoms with E-state index in [0.29, 0.717) is 17.1 Å². The first-order valence-electron chi connectivity index (χ1n) is 13.8. The molecule has 1 aliphatic rings. The Kier molecular flexibility index (Phi) is 10.8. The van der Waals surface area contributed by atoms with E-state index in [2.05, 4.69) is 50.1 Å². The topological polar surface area (TPSA) is 98.8 Å². The third kappa shape index (κ3) is 7.27. The Morgan fingerprint density at radius 1 is 1.07 bits per heavy atom. The van der Waals surface area contributed by atoms with Gasteiger partial charge < -0.3 is 19.7 Å². The van der Waals surface area contributed by atoms with Gasteiger partial charge in [0.1, 0.15) is 40.7 Å². The lowest BCUT2D eigenvalue weighted by Gasteiger charge is -2.33. The van der Waals surface area contributed by atoms with Crippen molar-refractivity contribution in [2.24, 2.45) is 0 Å². The van der Waals surface area contributed by atoms with Crippen LogP contribution in [0.3, 0.4) is 0 Å². The number of piperazine rings is 1. The highest BCUT2D eigenvalue weighted by molar-refractivity contribution is 5.66. The van der Waals surface area contributed by atoms with Crippen LogP contribution < -0.4 is 10.2 Å². The largest absolute Gasteiger partial charge is 0.420 e. The minimum absolute atomic E-state index is 0. The molecule has 0 aromatic carbocycles. The summed E-state index contributed by atoms with van der Waals surface area (Å²) in [4.78, 5) is 21.2. The molecule has 1 saturated heterocycles. The van der Waals surface area contributed by atoms with Gasteiger partial charge >= 0.3 is 6.18 Å². The van der Waals surface area contributed by atoms with Crippen LogP contribution in [0.25, 0.3) is 17.1 Å². The Labute approximate surface area is 235 Å². The molecule has 218 valence electrons. The van der Waals surface area contributed by atoms with Gasteiger partial charge in [0, 0.05) is 52.2 Å². The van der Waals surface area contributed by atoms with Gasteiger partial charge in [-0.05, 0) is 26.0 Å². The molecule has 0 bridgehead atoms. The van der Waals surface area contributed by atoms with Crippen molar-refractivity contribution in [1.82, 2.24) is 29.4 Å². The molecule has 3 aromatic heterocycles. The van der Waals surface area contributed by atoms with Gasteiger partial charge in [-0.2, -0.15) is 18.4 Å². The smallest absolute Gasteiger partial charge is 0.353 e. The molecule has 9 nitrogen and oxygen atoms in total. The molecule has 4 heterocycles. The molecule has 1 N–H and O–H groups in total. The van der Waals surface area contributed by atoms with E-state index in [0.717, 1.165) is 58.1 Å². The zero-order valence-electron chi connectivity index (χ0n) is 23.8. The fourth-order valence-corrected chi connectivity index (χ4v) is 4.62. The lowest BCUT2D eigenvalue weighted by molar-refractivity contribution is -0.137. The third-order valence-corrected chi connectivity index (χ3v) is 6.63. The van der Waals surface area contributed by atoms with Crippen LogP contribution in [0.4, 0.5) is 24.9 Å². The van der Waals surface area contributed by atoms with Gasteiger partial charge in [0.2, 0.25) is 5.95 Å². The number of halogens is 3. The van der Waals surface area contributed by atoms with Crippen LogP contribution in [-0.4, -0.2) is 68.7 Å². The molecule has 40 heavy (non-hydrogen) atoms. The van der Waals surface area contributed by atoms with Crippen molar-refractivity contribution in [3.8, 4) is 23.1 Å². The van der Waals surface area contributed by atoms with E-state index >= 15 is 0 Å². The number of nitrogens with zero attached hydrogens (tertiary/aromatic N) is 8. The van der Waals surface area contributed by atoms with Gasteiger partial charge in [0.25, 0.3) is 0 Å². The van der Waals surface area contributed by atoms with Crippen molar-refractivity contribution in [1.29, 1.82) is 5.26 Å². The highest BCUT2D eigenvalue weighted by atomic mass is 19.4. The third-order valence-electron chi connectivity index (χ3n) is 6.63. The lowest BCUT2D eigenvalue weighted by Crippen LogP contribution is -2.45. The van der Waals surface area contributed by atoms with Gasteiger partial charge in [0.05, 0.1) is 5.69 Å². The zero-order valence-corrected chi connectivity index (χ0v) is 23.8. The number of hydrogen-bond donors (Lipinski definition) is 1. The van der Waals surface area contributed by atoms with Gasteiger partial charge in [-0.15, -0.1) is 0 Å². The summed E-state index contributed by atoms with van der Waals surface area (Å²) in [6.45, 7) is 11.2. The number of likely N-dealkylation sites (N-methyl/N-ethyl adjacent to an activating group) is 1. The lowest BCUT2D eigenvalue weighted by atomic mass is 10.1. The normalized spacial score (nSPS) is 14.1. The van der Waals surface area contributed by atoms with Crippen LogP contribution in [0, 0.1) is 11.3 Å². The molecule has 3 aromatic rings. The minimum Gasteiger partial charge on any atom is -0.353 e. The van der Waals surface area contributed by atoms with Crippen LogP contribution in [0.2, 0.25) is 0 Å². The molecule has 0 unspecified atom stereocenters. The molecule has 4 rings (SSSR count). The minimum atomic E-state index is -4.66. The number of hydrogen-bond acceptors (Lipinski definition) is 8. The van der Waals surface area contributed by atoms with E-state index in [4.69, 9.17) is 0 Å². The summed E-state index contributed by atoms with van der Waals surface area (Å²) >= 11 is 0. The molecular formula is C28H40F3N9. The quantitative estimate of drug-likeness (QED) is 0.340. The summed E-state index contributed by atoms with van der Waals surface area (Å²) in [5.41, 5.74) is -0.421. The Bertz CT molecular complexity index is 1280. The molecule has 1 fully saturated rings. The SMILES string of the molecule is CC.CCCC(CCC)Nc1ncc(C(F)(F)F)c(-c2cn(-c3ccnc(N4CCN(C)CC4)c3C#N)cn2)n1.[HH]. The molecule has 0 atom stereocenters. The fraction of sp³-hybridized carbons (Fsp3) is 0.536. The predicted octanol–water partition coefficient (Wildman–Crippen LogP) is 6.02. The molecular weight excluding hydrogens is 519 g/mol. The maximum atomic E-state index is 13.9. The highest BCUT2D eigenvalue weighted by Crippen LogP contribution is 2.36. The van der Waals surface area contributed by atoms with Crippen molar-refractivity contribution in [3.63, 3.8) is 0 Å². The van der Waals surface area contributed by atoms with E-state index in [1.54, 1.807) is 16.8 Å². The molecule has 0 saturated carbocycles. The summed E-state index contributed by atoms with van der Waals surface area (Å²) in [5.74, 6) is 0.684. The van der Waals surface area contributed by atoms with Gasteiger partial charge in [-0.1, -0.05) is 40.5 Å². The number of aromatic nitrogens is 5. The second-order valence-electron chi connectivity index (χ2n) is 9.47. The Morgan fingerprint density at radius 3 is 2.35 bits per heavy atom. The van der Waals surface area contributed by atoms with Gasteiger partial charge in [-0.25, -0.2) is 19.9 Å². The molecule has 0 radical (unpaired) electrons. The van der Waals surface area contributed by atoms with Gasteiger partial charge in [0.15, 0.2) is 0 Å². The number of pyridine rings is 1. The summed E-state index contributed by atoms with van der Waals surface area (Å²) in [7, 11) is 2.04. The highest BCUT2D eigenvalue weighted by Gasteiger charge is 2.36. The maximum Gasteiger partial charge on any atom is 0.420 e. The van der Waals surface area contributed by atoms with Crippen molar-refractivity contribution >= 4 is 11.8 Å². The number of nitrogens with one attached hydrogen (secondary N) is 1. The number of rotatable bonds is 9. The van der Waals surface area contributed by atoms with Crippen LogP contribution in [-0.2, 0) is 6.18 Å². The average Bonchev–Trinajstić information content (AvgIpc) is 3.44. The number of anilines is 2. The van der Waals surface area contributed by atoms with E-state index in [-0.39, 0.29) is 24.8 Å². The summed E-state index contributed by atoms with van der Waals surface area (Å²) in [6, 6.07) is 3.95. The van der Waals surface area contributed by atoms with Crippen molar-refractivity contribution in [2.75, 3.05) is 43.4 Å².